The van der Waals surface area contributed by atoms with Crippen molar-refractivity contribution in [3.63, 3.8) is 0 Å². The Hall–Kier alpha value is -2.28. The van der Waals surface area contributed by atoms with Crippen LogP contribution in [0.5, 0.6) is 11.5 Å². The quantitative estimate of drug-likeness (QED) is 0.600. The molecule has 0 spiro atoms. The molecule has 0 saturated carbocycles. The fraction of sp³-hybridized carbons (Fsp3) is 0.500. The van der Waals surface area contributed by atoms with Gasteiger partial charge in [0.05, 0.1) is 27.2 Å². The Labute approximate surface area is 136 Å². The van der Waals surface area contributed by atoms with Gasteiger partial charge in [0.25, 0.3) is 5.91 Å². The summed E-state index contributed by atoms with van der Waals surface area (Å²) in [6.07, 6.45) is 0.130. The second-order valence-electron chi connectivity index (χ2n) is 4.67. The molecule has 0 aliphatic rings. The van der Waals surface area contributed by atoms with E-state index in [1.165, 1.54) is 12.0 Å². The molecular formula is C16H23NO6. The minimum Gasteiger partial charge on any atom is -0.497 e. The van der Waals surface area contributed by atoms with E-state index in [1.807, 2.05) is 0 Å². The number of methoxy groups -OCH3 is 3. The average molecular weight is 325 g/mol. The van der Waals surface area contributed by atoms with Crippen molar-refractivity contribution in [1.82, 2.24) is 4.90 Å². The van der Waals surface area contributed by atoms with Crippen molar-refractivity contribution < 1.29 is 28.5 Å². The first-order valence-corrected chi connectivity index (χ1v) is 7.21. The maximum atomic E-state index is 12.2. The first kappa shape index (κ1) is 18.8. The molecule has 128 valence electrons. The molecule has 0 fully saturated rings. The van der Waals surface area contributed by atoms with Crippen molar-refractivity contribution in [3.8, 4) is 11.5 Å². The number of hydrogen-bond acceptors (Lipinski definition) is 6. The van der Waals surface area contributed by atoms with Gasteiger partial charge in [-0.15, -0.1) is 0 Å². The van der Waals surface area contributed by atoms with Crippen LogP contribution in [0.4, 0.5) is 0 Å². The van der Waals surface area contributed by atoms with Crippen molar-refractivity contribution in [1.29, 1.82) is 0 Å². The lowest BCUT2D eigenvalue weighted by atomic mass is 10.3. The third-order valence-corrected chi connectivity index (χ3v) is 3.14. The summed E-state index contributed by atoms with van der Waals surface area (Å²) in [5.41, 5.74) is 0. The Morgan fingerprint density at radius 1 is 1.09 bits per heavy atom. The van der Waals surface area contributed by atoms with Gasteiger partial charge >= 0.3 is 5.97 Å². The topological polar surface area (TPSA) is 74.3 Å². The molecule has 0 unspecified atom stereocenters. The molecule has 0 bridgehead atoms. The van der Waals surface area contributed by atoms with E-state index in [9.17, 15) is 9.59 Å². The number of rotatable bonds is 10. The molecule has 0 atom stereocenters. The summed E-state index contributed by atoms with van der Waals surface area (Å²) >= 11 is 0. The third kappa shape index (κ3) is 7.01. The van der Waals surface area contributed by atoms with E-state index in [2.05, 4.69) is 4.74 Å². The maximum Gasteiger partial charge on any atom is 0.307 e. The highest BCUT2D eigenvalue weighted by Crippen LogP contribution is 2.18. The molecule has 1 aromatic rings. The summed E-state index contributed by atoms with van der Waals surface area (Å²) in [6, 6.07) is 7.00. The fourth-order valence-electron chi connectivity index (χ4n) is 1.82. The van der Waals surface area contributed by atoms with Crippen molar-refractivity contribution in [3.05, 3.63) is 24.3 Å². The van der Waals surface area contributed by atoms with Crippen LogP contribution >= 0.6 is 0 Å². The van der Waals surface area contributed by atoms with E-state index >= 15 is 0 Å². The van der Waals surface area contributed by atoms with Gasteiger partial charge in [0, 0.05) is 26.3 Å². The Kier molecular flexibility index (Phi) is 8.52. The molecule has 7 nitrogen and oxygen atoms in total. The van der Waals surface area contributed by atoms with Crippen molar-refractivity contribution >= 4 is 11.9 Å². The number of amides is 1. The van der Waals surface area contributed by atoms with Crippen LogP contribution in [0.1, 0.15) is 6.42 Å². The number of carbonyl (C=O) groups excluding carboxylic acids is 2. The van der Waals surface area contributed by atoms with Crippen molar-refractivity contribution in [2.75, 3.05) is 47.6 Å². The SMILES string of the molecule is COCCN(CCC(=O)OC)C(=O)COc1cccc(OC)c1. The van der Waals surface area contributed by atoms with Crippen LogP contribution in [0.15, 0.2) is 24.3 Å². The van der Waals surface area contributed by atoms with Gasteiger partial charge in [-0.3, -0.25) is 9.59 Å². The van der Waals surface area contributed by atoms with Crippen LogP contribution in [0.2, 0.25) is 0 Å². The van der Waals surface area contributed by atoms with E-state index in [0.717, 1.165) is 0 Å². The normalized spacial score (nSPS) is 10.0. The predicted molar refractivity (Wildman–Crippen MR) is 83.6 cm³/mol. The van der Waals surface area contributed by atoms with E-state index < -0.39 is 0 Å². The van der Waals surface area contributed by atoms with E-state index in [1.54, 1.807) is 38.5 Å². The van der Waals surface area contributed by atoms with Crippen LogP contribution < -0.4 is 9.47 Å². The lowest BCUT2D eigenvalue weighted by Gasteiger charge is -2.22. The Morgan fingerprint density at radius 3 is 2.48 bits per heavy atom. The fourth-order valence-corrected chi connectivity index (χ4v) is 1.82. The van der Waals surface area contributed by atoms with Crippen molar-refractivity contribution in [2.24, 2.45) is 0 Å². The monoisotopic (exact) mass is 325 g/mol. The summed E-state index contributed by atoms with van der Waals surface area (Å²) in [5.74, 6) is 0.594. The molecule has 0 aliphatic carbocycles. The van der Waals surface area contributed by atoms with Gasteiger partial charge in [-0.1, -0.05) is 6.07 Å². The Morgan fingerprint density at radius 2 is 1.83 bits per heavy atom. The van der Waals surface area contributed by atoms with Gasteiger partial charge in [0.15, 0.2) is 6.61 Å². The van der Waals surface area contributed by atoms with Gasteiger partial charge in [0.2, 0.25) is 0 Å². The Balaban J connectivity index is 2.55. The number of hydrogen-bond donors (Lipinski definition) is 0. The molecule has 0 radical (unpaired) electrons. The number of carbonyl (C=O) groups is 2. The highest BCUT2D eigenvalue weighted by atomic mass is 16.5. The number of esters is 1. The Bertz CT molecular complexity index is 505. The molecule has 0 aliphatic heterocycles. The van der Waals surface area contributed by atoms with Crippen LogP contribution in [-0.4, -0.2) is 64.4 Å². The first-order chi connectivity index (χ1) is 11.1. The molecule has 1 amide bonds. The second kappa shape index (κ2) is 10.4. The third-order valence-electron chi connectivity index (χ3n) is 3.14. The van der Waals surface area contributed by atoms with E-state index in [0.29, 0.717) is 24.7 Å². The van der Waals surface area contributed by atoms with Gasteiger partial charge in [-0.2, -0.15) is 0 Å². The highest BCUT2D eigenvalue weighted by molar-refractivity contribution is 5.78. The second-order valence-corrected chi connectivity index (χ2v) is 4.67. The van der Waals surface area contributed by atoms with Gasteiger partial charge in [0.1, 0.15) is 11.5 Å². The molecule has 0 aromatic heterocycles. The van der Waals surface area contributed by atoms with E-state index in [4.69, 9.17) is 14.2 Å². The van der Waals surface area contributed by atoms with Crippen LogP contribution in [-0.2, 0) is 19.1 Å². The number of ether oxygens (including phenoxy) is 4. The largest absolute Gasteiger partial charge is 0.497 e. The van der Waals surface area contributed by atoms with Crippen LogP contribution in [0, 0.1) is 0 Å². The molecule has 0 heterocycles. The van der Waals surface area contributed by atoms with Crippen molar-refractivity contribution in [2.45, 2.75) is 6.42 Å². The zero-order valence-corrected chi connectivity index (χ0v) is 13.7. The molecular weight excluding hydrogens is 302 g/mol. The van der Waals surface area contributed by atoms with Gasteiger partial charge in [-0.25, -0.2) is 0 Å². The molecule has 23 heavy (non-hydrogen) atoms. The number of nitrogens with zero attached hydrogens (tertiary/aromatic N) is 1. The molecule has 0 saturated heterocycles. The smallest absolute Gasteiger partial charge is 0.307 e. The average Bonchev–Trinajstić information content (AvgIpc) is 2.59. The lowest BCUT2D eigenvalue weighted by molar-refractivity contribution is -0.142. The molecule has 0 N–H and O–H groups in total. The summed E-state index contributed by atoms with van der Waals surface area (Å²) in [7, 11) is 4.43. The van der Waals surface area contributed by atoms with Gasteiger partial charge < -0.3 is 23.8 Å². The zero-order valence-electron chi connectivity index (χ0n) is 13.7. The summed E-state index contributed by atoms with van der Waals surface area (Å²) in [4.78, 5) is 25.0. The minimum absolute atomic E-state index is 0.127. The minimum atomic E-state index is -0.367. The first-order valence-electron chi connectivity index (χ1n) is 7.21. The van der Waals surface area contributed by atoms with Crippen LogP contribution in [0.3, 0.4) is 0 Å². The number of benzene rings is 1. The predicted octanol–water partition coefficient (Wildman–Crippen LogP) is 1.11. The molecule has 1 rings (SSSR count). The summed E-state index contributed by atoms with van der Waals surface area (Å²) in [6.45, 7) is 0.897. The van der Waals surface area contributed by atoms with Gasteiger partial charge in [-0.05, 0) is 12.1 Å². The zero-order chi connectivity index (χ0) is 17.1. The highest BCUT2D eigenvalue weighted by Gasteiger charge is 2.16. The lowest BCUT2D eigenvalue weighted by Crippen LogP contribution is -2.38. The van der Waals surface area contributed by atoms with E-state index in [-0.39, 0.29) is 31.4 Å². The molecule has 7 heteroatoms. The summed E-state index contributed by atoms with van der Waals surface area (Å²) in [5, 5.41) is 0. The standard InChI is InChI=1S/C16H23NO6/c1-20-10-9-17(8-7-16(19)22-3)15(18)12-23-14-6-4-5-13(11-14)21-2/h4-6,11H,7-10,12H2,1-3H3. The molecule has 1 aromatic carbocycles. The summed E-state index contributed by atoms with van der Waals surface area (Å²) < 4.78 is 20.1. The maximum absolute atomic E-state index is 12.2. The van der Waals surface area contributed by atoms with Crippen LogP contribution in [0.25, 0.3) is 0 Å².